The summed E-state index contributed by atoms with van der Waals surface area (Å²) in [5.74, 6) is 4.15. The second kappa shape index (κ2) is 6.36. The van der Waals surface area contributed by atoms with Crippen LogP contribution in [0.5, 0.6) is 0 Å². The Kier molecular flexibility index (Phi) is 4.21. The lowest BCUT2D eigenvalue weighted by Crippen LogP contribution is -2.40. The number of hydrogen-bond donors (Lipinski definition) is 1. The smallest absolute Gasteiger partial charge is 0.226 e. The predicted molar refractivity (Wildman–Crippen MR) is 94.8 cm³/mol. The summed E-state index contributed by atoms with van der Waals surface area (Å²) in [7, 11) is 0. The van der Waals surface area contributed by atoms with Crippen LogP contribution in [0.2, 0.25) is 0 Å². The van der Waals surface area contributed by atoms with Gasteiger partial charge in [0.1, 0.15) is 5.76 Å². The third kappa shape index (κ3) is 3.14. The highest BCUT2D eigenvalue weighted by Crippen LogP contribution is 2.49. The molecule has 2 fully saturated rings. The van der Waals surface area contributed by atoms with Crippen LogP contribution in [0.3, 0.4) is 0 Å². The molecule has 4 rings (SSSR count). The number of nitrogens with zero attached hydrogens (tertiary/aromatic N) is 1. The number of rotatable bonds is 5. The van der Waals surface area contributed by atoms with E-state index in [1.165, 1.54) is 37.0 Å². The van der Waals surface area contributed by atoms with Gasteiger partial charge in [-0.1, -0.05) is 6.42 Å². The molecule has 0 saturated heterocycles. The van der Waals surface area contributed by atoms with Crippen LogP contribution < -0.4 is 5.32 Å². The molecule has 0 aromatic carbocycles. The Bertz CT molecular complexity index is 735. The van der Waals surface area contributed by atoms with Crippen LogP contribution in [0.1, 0.15) is 44.1 Å². The molecule has 2 aromatic heterocycles. The first-order chi connectivity index (χ1) is 11.6. The molecule has 4 atom stereocenters. The van der Waals surface area contributed by atoms with Crippen LogP contribution in [0.4, 0.5) is 0 Å². The van der Waals surface area contributed by atoms with Crippen molar-refractivity contribution < 1.29 is 9.21 Å². The number of fused-ring (bicyclic) bond motifs is 2. The van der Waals surface area contributed by atoms with Gasteiger partial charge in [0, 0.05) is 11.4 Å². The number of aryl methyl sites for hydroxylation is 1. The first-order valence-electron chi connectivity index (χ1n) is 8.89. The number of nitrogens with one attached hydrogen (secondary N) is 1. The molecule has 5 heteroatoms. The lowest BCUT2D eigenvalue weighted by atomic mass is 9.84. The van der Waals surface area contributed by atoms with E-state index < -0.39 is 0 Å². The van der Waals surface area contributed by atoms with E-state index in [1.807, 2.05) is 24.4 Å². The summed E-state index contributed by atoms with van der Waals surface area (Å²) in [6.07, 6.45) is 5.78. The first kappa shape index (κ1) is 15.9. The standard InChI is InChI=1S/C19H24N2O2S/c1-11-3-6-17(23-11)19-21-15(10-24-19)9-18(22)20-12(2)16-8-13-4-5-14(16)7-13/h3,6,10,12-14,16H,4-5,7-9H2,1-2H3,(H,20,22). The van der Waals surface area contributed by atoms with Gasteiger partial charge in [0.25, 0.3) is 0 Å². The van der Waals surface area contributed by atoms with Gasteiger partial charge in [0.15, 0.2) is 10.8 Å². The predicted octanol–water partition coefficient (Wildman–Crippen LogP) is 4.19. The van der Waals surface area contributed by atoms with E-state index in [1.54, 1.807) is 0 Å². The van der Waals surface area contributed by atoms with Crippen molar-refractivity contribution in [3.05, 3.63) is 29.0 Å². The van der Waals surface area contributed by atoms with Crippen molar-refractivity contribution in [2.75, 3.05) is 0 Å². The molecule has 2 bridgehead atoms. The molecule has 2 aliphatic carbocycles. The Morgan fingerprint density at radius 3 is 2.96 bits per heavy atom. The van der Waals surface area contributed by atoms with Crippen LogP contribution in [0.25, 0.3) is 10.8 Å². The molecule has 2 aliphatic rings. The van der Waals surface area contributed by atoms with E-state index in [0.29, 0.717) is 12.3 Å². The molecule has 4 unspecified atom stereocenters. The lowest BCUT2D eigenvalue weighted by Gasteiger charge is -2.28. The largest absolute Gasteiger partial charge is 0.459 e. The van der Waals surface area contributed by atoms with Gasteiger partial charge in [-0.15, -0.1) is 11.3 Å². The number of aromatic nitrogens is 1. The number of thiazole rings is 1. The average molecular weight is 344 g/mol. The zero-order valence-corrected chi connectivity index (χ0v) is 15.1. The fourth-order valence-electron chi connectivity index (χ4n) is 4.53. The van der Waals surface area contributed by atoms with E-state index in [9.17, 15) is 4.79 Å². The Hall–Kier alpha value is -1.62. The fraction of sp³-hybridized carbons (Fsp3) is 0.579. The number of amides is 1. The minimum Gasteiger partial charge on any atom is -0.459 e. The Morgan fingerprint density at radius 2 is 2.29 bits per heavy atom. The normalized spacial score (nSPS) is 26.7. The summed E-state index contributed by atoms with van der Waals surface area (Å²) < 4.78 is 5.60. The van der Waals surface area contributed by atoms with Gasteiger partial charge in [-0.25, -0.2) is 4.98 Å². The van der Waals surface area contributed by atoms with Crippen molar-refractivity contribution in [2.24, 2.45) is 17.8 Å². The molecular weight excluding hydrogens is 320 g/mol. The van der Waals surface area contributed by atoms with Crippen molar-refractivity contribution in [2.45, 2.75) is 52.0 Å². The molecule has 24 heavy (non-hydrogen) atoms. The van der Waals surface area contributed by atoms with E-state index in [4.69, 9.17) is 4.42 Å². The topological polar surface area (TPSA) is 55.1 Å². The Labute approximate surface area is 146 Å². The Balaban J connectivity index is 1.34. The number of carbonyl (C=O) groups is 1. The molecule has 4 nitrogen and oxygen atoms in total. The number of furan rings is 1. The summed E-state index contributed by atoms with van der Waals surface area (Å²) >= 11 is 1.53. The van der Waals surface area contributed by atoms with Crippen LogP contribution >= 0.6 is 11.3 Å². The van der Waals surface area contributed by atoms with Crippen LogP contribution in [0.15, 0.2) is 21.9 Å². The molecule has 1 N–H and O–H groups in total. The van der Waals surface area contributed by atoms with Crippen molar-refractivity contribution in [1.29, 1.82) is 0 Å². The highest BCUT2D eigenvalue weighted by molar-refractivity contribution is 7.13. The quantitative estimate of drug-likeness (QED) is 0.884. The van der Waals surface area contributed by atoms with Crippen LogP contribution in [0, 0.1) is 24.7 Å². The molecule has 2 aromatic rings. The summed E-state index contributed by atoms with van der Waals surface area (Å²) in [5.41, 5.74) is 0.821. The van der Waals surface area contributed by atoms with Gasteiger partial charge in [0.2, 0.25) is 5.91 Å². The van der Waals surface area contributed by atoms with Crippen LogP contribution in [-0.4, -0.2) is 16.9 Å². The first-order valence-corrected chi connectivity index (χ1v) is 9.77. The molecule has 128 valence electrons. The molecule has 1 amide bonds. The molecule has 0 aliphatic heterocycles. The van der Waals surface area contributed by atoms with E-state index >= 15 is 0 Å². The van der Waals surface area contributed by atoms with Gasteiger partial charge in [-0.2, -0.15) is 0 Å². The molecular formula is C19H24N2O2S. The zero-order chi connectivity index (χ0) is 16.7. The average Bonchev–Trinajstić information content (AvgIpc) is 3.30. The van der Waals surface area contributed by atoms with Crippen molar-refractivity contribution in [1.82, 2.24) is 10.3 Å². The zero-order valence-electron chi connectivity index (χ0n) is 14.2. The third-order valence-corrected chi connectivity index (χ3v) is 6.57. The second-order valence-corrected chi connectivity index (χ2v) is 8.28. The minimum absolute atomic E-state index is 0.0812. The summed E-state index contributed by atoms with van der Waals surface area (Å²) in [6, 6.07) is 4.13. The molecule has 0 radical (unpaired) electrons. The minimum atomic E-state index is 0.0812. The fourth-order valence-corrected chi connectivity index (χ4v) is 5.31. The van der Waals surface area contributed by atoms with Crippen molar-refractivity contribution >= 4 is 17.2 Å². The monoisotopic (exact) mass is 344 g/mol. The highest BCUT2D eigenvalue weighted by atomic mass is 32.1. The lowest BCUT2D eigenvalue weighted by molar-refractivity contribution is -0.121. The Morgan fingerprint density at radius 1 is 1.42 bits per heavy atom. The van der Waals surface area contributed by atoms with Gasteiger partial charge in [0.05, 0.1) is 12.1 Å². The third-order valence-electron chi connectivity index (χ3n) is 5.67. The summed E-state index contributed by atoms with van der Waals surface area (Å²) in [6.45, 7) is 4.09. The summed E-state index contributed by atoms with van der Waals surface area (Å²) in [4.78, 5) is 16.9. The molecule has 2 saturated carbocycles. The number of hydrogen-bond acceptors (Lipinski definition) is 4. The highest BCUT2D eigenvalue weighted by Gasteiger charge is 2.42. The molecule has 2 heterocycles. The second-order valence-electron chi connectivity index (χ2n) is 7.43. The number of carbonyl (C=O) groups excluding carboxylic acids is 1. The van der Waals surface area contributed by atoms with E-state index in [2.05, 4.69) is 17.2 Å². The molecule has 0 spiro atoms. The maximum Gasteiger partial charge on any atom is 0.226 e. The maximum atomic E-state index is 12.4. The van der Waals surface area contributed by atoms with E-state index in [-0.39, 0.29) is 11.9 Å². The van der Waals surface area contributed by atoms with Gasteiger partial charge >= 0.3 is 0 Å². The van der Waals surface area contributed by atoms with Crippen molar-refractivity contribution in [3.63, 3.8) is 0 Å². The van der Waals surface area contributed by atoms with Gasteiger partial charge in [-0.05, 0) is 63.0 Å². The van der Waals surface area contributed by atoms with Crippen LogP contribution in [-0.2, 0) is 11.2 Å². The summed E-state index contributed by atoms with van der Waals surface area (Å²) in [5, 5.41) is 6.00. The maximum absolute atomic E-state index is 12.4. The van der Waals surface area contributed by atoms with Gasteiger partial charge < -0.3 is 9.73 Å². The SMILES string of the molecule is Cc1ccc(-c2nc(CC(=O)NC(C)C3CC4CCC3C4)cs2)o1. The van der Waals surface area contributed by atoms with Gasteiger partial charge in [-0.3, -0.25) is 4.79 Å². The van der Waals surface area contributed by atoms with Crippen molar-refractivity contribution in [3.8, 4) is 10.8 Å². The van der Waals surface area contributed by atoms with E-state index in [0.717, 1.165) is 34.1 Å².